The lowest BCUT2D eigenvalue weighted by molar-refractivity contribution is 0.486. The molecule has 22 heavy (non-hydrogen) atoms. The van der Waals surface area contributed by atoms with Gasteiger partial charge in [-0.05, 0) is 37.8 Å². The Morgan fingerprint density at radius 3 is 2.91 bits per heavy atom. The maximum absolute atomic E-state index is 11.9. The minimum atomic E-state index is -0.0456. The first kappa shape index (κ1) is 13.4. The summed E-state index contributed by atoms with van der Waals surface area (Å²) in [6, 6.07) is 5.49. The molecule has 0 bridgehead atoms. The zero-order chi connectivity index (χ0) is 14.9. The summed E-state index contributed by atoms with van der Waals surface area (Å²) in [5.74, 6) is 2.51. The highest BCUT2D eigenvalue weighted by molar-refractivity contribution is 5.40. The molecule has 6 nitrogen and oxygen atoms in total. The van der Waals surface area contributed by atoms with Gasteiger partial charge in [0.1, 0.15) is 11.6 Å². The summed E-state index contributed by atoms with van der Waals surface area (Å²) in [5.41, 5.74) is -0.0456. The van der Waals surface area contributed by atoms with E-state index in [-0.39, 0.29) is 11.6 Å². The van der Waals surface area contributed by atoms with Gasteiger partial charge < -0.3 is 4.90 Å². The van der Waals surface area contributed by atoms with Crippen LogP contribution >= 0.6 is 0 Å². The average Bonchev–Trinajstić information content (AvgIpc) is 3.30. The van der Waals surface area contributed by atoms with Crippen LogP contribution in [0.4, 0.5) is 5.82 Å². The minimum absolute atomic E-state index is 0.0456. The van der Waals surface area contributed by atoms with Crippen molar-refractivity contribution in [3.63, 3.8) is 0 Å². The van der Waals surface area contributed by atoms with Crippen molar-refractivity contribution in [2.75, 3.05) is 11.4 Å². The standard InChI is InChI=1S/C16H19N5O/c22-15-4-1-8-18-21(15)11-13-3-2-10-20(13)14-7-9-17-16(19-14)12-5-6-12/h1,4,7-9,12-13H,2-3,5-6,10-11H2. The van der Waals surface area contributed by atoms with Crippen LogP contribution in [-0.4, -0.2) is 32.3 Å². The first-order chi connectivity index (χ1) is 10.8. The molecule has 1 aliphatic heterocycles. The van der Waals surface area contributed by atoms with E-state index in [0.29, 0.717) is 12.5 Å². The zero-order valence-corrected chi connectivity index (χ0v) is 12.4. The Morgan fingerprint density at radius 2 is 2.09 bits per heavy atom. The van der Waals surface area contributed by atoms with Gasteiger partial charge in [0.25, 0.3) is 5.56 Å². The van der Waals surface area contributed by atoms with Crippen molar-refractivity contribution < 1.29 is 0 Å². The van der Waals surface area contributed by atoms with E-state index in [9.17, 15) is 4.79 Å². The van der Waals surface area contributed by atoms with Crippen molar-refractivity contribution in [1.82, 2.24) is 19.7 Å². The summed E-state index contributed by atoms with van der Waals surface area (Å²) in [6.07, 6.45) is 8.11. The molecule has 1 aliphatic carbocycles. The zero-order valence-electron chi connectivity index (χ0n) is 12.4. The third kappa shape index (κ3) is 2.61. The van der Waals surface area contributed by atoms with Crippen LogP contribution < -0.4 is 10.5 Å². The van der Waals surface area contributed by atoms with E-state index in [4.69, 9.17) is 4.98 Å². The molecule has 2 aromatic heterocycles. The molecule has 1 unspecified atom stereocenters. The third-order valence-corrected chi connectivity index (χ3v) is 4.44. The number of nitrogens with zero attached hydrogens (tertiary/aromatic N) is 5. The van der Waals surface area contributed by atoms with Crippen molar-refractivity contribution >= 4 is 5.82 Å². The molecule has 4 rings (SSSR count). The van der Waals surface area contributed by atoms with Gasteiger partial charge in [0.2, 0.25) is 0 Å². The molecule has 114 valence electrons. The van der Waals surface area contributed by atoms with Crippen molar-refractivity contribution in [2.45, 2.75) is 44.2 Å². The molecule has 3 heterocycles. The first-order valence-electron chi connectivity index (χ1n) is 7.93. The van der Waals surface area contributed by atoms with Gasteiger partial charge in [0.15, 0.2) is 0 Å². The van der Waals surface area contributed by atoms with Crippen LogP contribution in [-0.2, 0) is 6.54 Å². The van der Waals surface area contributed by atoms with Gasteiger partial charge in [-0.1, -0.05) is 0 Å². The quantitative estimate of drug-likeness (QED) is 0.857. The maximum Gasteiger partial charge on any atom is 0.266 e. The lowest BCUT2D eigenvalue weighted by atomic mass is 10.2. The summed E-state index contributed by atoms with van der Waals surface area (Å²) in [6.45, 7) is 1.59. The second-order valence-corrected chi connectivity index (χ2v) is 6.08. The normalized spacial score (nSPS) is 21.3. The predicted octanol–water partition coefficient (Wildman–Crippen LogP) is 1.58. The third-order valence-electron chi connectivity index (χ3n) is 4.44. The molecule has 0 spiro atoms. The van der Waals surface area contributed by atoms with Crippen molar-refractivity contribution in [1.29, 1.82) is 0 Å². The highest BCUT2D eigenvalue weighted by Crippen LogP contribution is 2.38. The summed E-state index contributed by atoms with van der Waals surface area (Å²) in [5, 5.41) is 4.17. The topological polar surface area (TPSA) is 63.9 Å². The van der Waals surface area contributed by atoms with Crippen LogP contribution in [0, 0.1) is 0 Å². The van der Waals surface area contributed by atoms with Crippen LogP contribution in [0.3, 0.4) is 0 Å². The summed E-state index contributed by atoms with van der Waals surface area (Å²) >= 11 is 0. The Bertz CT molecular complexity index is 724. The van der Waals surface area contributed by atoms with Gasteiger partial charge in [-0.15, -0.1) is 0 Å². The molecule has 2 aliphatic rings. The van der Waals surface area contributed by atoms with Gasteiger partial charge >= 0.3 is 0 Å². The molecule has 0 amide bonds. The van der Waals surface area contributed by atoms with Gasteiger partial charge in [0.05, 0.1) is 12.6 Å². The van der Waals surface area contributed by atoms with E-state index in [1.807, 2.05) is 12.3 Å². The van der Waals surface area contributed by atoms with E-state index in [1.54, 1.807) is 23.0 Å². The van der Waals surface area contributed by atoms with E-state index in [2.05, 4.69) is 15.0 Å². The van der Waals surface area contributed by atoms with Crippen molar-refractivity contribution in [2.24, 2.45) is 0 Å². The van der Waals surface area contributed by atoms with E-state index < -0.39 is 0 Å². The number of anilines is 1. The first-order valence-corrected chi connectivity index (χ1v) is 7.93. The molecule has 6 heteroatoms. The molecular weight excluding hydrogens is 278 g/mol. The SMILES string of the molecule is O=c1cccnn1CC1CCCN1c1ccnc(C2CC2)n1. The molecular formula is C16H19N5O. The molecule has 0 N–H and O–H groups in total. The van der Waals surface area contributed by atoms with Crippen molar-refractivity contribution in [3.05, 3.63) is 46.8 Å². The number of aromatic nitrogens is 4. The number of hydrogen-bond acceptors (Lipinski definition) is 5. The summed E-state index contributed by atoms with van der Waals surface area (Å²) in [7, 11) is 0. The number of hydrogen-bond donors (Lipinski definition) is 0. The molecule has 1 atom stereocenters. The van der Waals surface area contributed by atoms with Crippen LogP contribution in [0.25, 0.3) is 0 Å². The van der Waals surface area contributed by atoms with Gasteiger partial charge in [-0.3, -0.25) is 4.79 Å². The Morgan fingerprint density at radius 1 is 1.18 bits per heavy atom. The molecule has 1 saturated carbocycles. The Kier molecular flexibility index (Phi) is 3.36. The Balaban J connectivity index is 1.57. The van der Waals surface area contributed by atoms with Crippen LogP contribution in [0.5, 0.6) is 0 Å². The van der Waals surface area contributed by atoms with Gasteiger partial charge in [-0.2, -0.15) is 5.10 Å². The lowest BCUT2D eigenvalue weighted by Crippen LogP contribution is -2.37. The molecule has 2 fully saturated rings. The molecule has 0 radical (unpaired) electrons. The van der Waals surface area contributed by atoms with Gasteiger partial charge in [-0.25, -0.2) is 14.6 Å². The second-order valence-electron chi connectivity index (χ2n) is 6.08. The van der Waals surface area contributed by atoms with E-state index in [1.165, 1.54) is 12.8 Å². The van der Waals surface area contributed by atoms with E-state index >= 15 is 0 Å². The highest BCUT2D eigenvalue weighted by Gasteiger charge is 2.30. The lowest BCUT2D eigenvalue weighted by Gasteiger charge is -2.26. The Labute approximate surface area is 128 Å². The number of rotatable bonds is 4. The highest BCUT2D eigenvalue weighted by atomic mass is 16.1. The van der Waals surface area contributed by atoms with Crippen LogP contribution in [0.15, 0.2) is 35.4 Å². The van der Waals surface area contributed by atoms with E-state index in [0.717, 1.165) is 31.0 Å². The fourth-order valence-corrected chi connectivity index (χ4v) is 3.11. The summed E-state index contributed by atoms with van der Waals surface area (Å²) in [4.78, 5) is 23.3. The van der Waals surface area contributed by atoms with Gasteiger partial charge in [0, 0.05) is 30.9 Å². The van der Waals surface area contributed by atoms with Crippen molar-refractivity contribution in [3.8, 4) is 0 Å². The smallest absolute Gasteiger partial charge is 0.266 e. The fourth-order valence-electron chi connectivity index (χ4n) is 3.11. The largest absolute Gasteiger partial charge is 0.352 e. The maximum atomic E-state index is 11.9. The van der Waals surface area contributed by atoms with Crippen LogP contribution in [0.1, 0.15) is 37.4 Å². The molecule has 1 saturated heterocycles. The predicted molar refractivity (Wildman–Crippen MR) is 82.9 cm³/mol. The molecule has 0 aromatic carbocycles. The second kappa shape index (κ2) is 5.51. The molecule has 2 aromatic rings. The minimum Gasteiger partial charge on any atom is -0.352 e. The monoisotopic (exact) mass is 297 g/mol. The van der Waals surface area contributed by atoms with Crippen LogP contribution in [0.2, 0.25) is 0 Å². The fraction of sp³-hybridized carbons (Fsp3) is 0.500. The Hall–Kier alpha value is -2.24. The summed E-state index contributed by atoms with van der Waals surface area (Å²) < 4.78 is 1.55. The average molecular weight is 297 g/mol.